The van der Waals surface area contributed by atoms with Crippen LogP contribution >= 0.6 is 0 Å². The van der Waals surface area contributed by atoms with Crippen LogP contribution in [0.1, 0.15) is 2.85 Å². The van der Waals surface area contributed by atoms with Crippen molar-refractivity contribution in [2.24, 2.45) is 0 Å². The molecular formula is H10AsBaCdCrHgSbSe. The van der Waals surface area contributed by atoms with E-state index in [-0.39, 0.29) is 184 Å². The number of rotatable bonds is 0. The fourth-order valence-electron chi connectivity index (χ4n) is 0. The minimum atomic E-state index is 0. The first-order chi connectivity index (χ1) is 0. The molecule has 1 unspecified atom stereocenters. The van der Waals surface area contributed by atoms with Crippen molar-refractivity contribution >= 4 is 108 Å². The summed E-state index contributed by atoms with van der Waals surface area (Å²) in [6, 6.07) is 0. The van der Waals surface area contributed by atoms with Gasteiger partial charge in [0, 0.05) is 72.3 Å². The SMILES string of the molecule is [AsH3].[Ba+2].[Cd].[Cr].[H-].[H-].[Hg].[SbH3].[SeH2]. The number of hydrogen-bond acceptors (Lipinski definition) is 0. The first-order valence-electron chi connectivity index (χ1n) is 0. The molecule has 0 bridgehead atoms. The Labute approximate surface area is 178 Å². The molecule has 0 rings (SSSR count). The molecule has 0 aromatic heterocycles. The van der Waals surface area contributed by atoms with E-state index in [2.05, 4.69) is 0 Å². The van der Waals surface area contributed by atoms with Crippen LogP contribution < -0.4 is 0 Å². The van der Waals surface area contributed by atoms with Gasteiger partial charge in [-0.1, -0.05) is 0 Å². The van der Waals surface area contributed by atoms with E-state index in [1.807, 2.05) is 0 Å². The zero-order valence-electron chi connectivity index (χ0n) is 6.44. The molecule has 7 heavy (non-hydrogen) atoms. The third kappa shape index (κ3) is 33.6. The maximum absolute atomic E-state index is 0. The van der Waals surface area contributed by atoms with Gasteiger partial charge in [0.2, 0.25) is 0 Å². The van der Waals surface area contributed by atoms with Crippen molar-refractivity contribution in [3.8, 4) is 0 Å². The first-order valence-corrected chi connectivity index (χ1v) is 0. The van der Waals surface area contributed by atoms with Gasteiger partial charge in [0.05, 0.1) is 0 Å². The molecule has 0 radical (unpaired) electrons. The summed E-state index contributed by atoms with van der Waals surface area (Å²) >= 11 is 0. The molecule has 0 aliphatic rings. The molecule has 1 atom stereocenters. The summed E-state index contributed by atoms with van der Waals surface area (Å²) in [6.45, 7) is 0. The second-order valence-corrected chi connectivity index (χ2v) is 0. The summed E-state index contributed by atoms with van der Waals surface area (Å²) < 4.78 is 0. The quantitative estimate of drug-likeness (QED) is 0.225. The average Bonchev–Trinajstić information content (AvgIpc) is 0. The van der Waals surface area contributed by atoms with Crippen LogP contribution in [0.3, 0.4) is 0 Å². The van der Waals surface area contributed by atoms with E-state index >= 15 is 0 Å². The van der Waals surface area contributed by atoms with E-state index in [9.17, 15) is 0 Å². The minimum absolute atomic E-state index is 0. The zero-order chi connectivity index (χ0) is 0. The standard InChI is InChI=1S/AsH3.Ba.Cd.Cr.Hg.Sb.H2Se.5H/h1H3;;;;;;1H2;;;;;/q;+2;;;;;;;;;2*-1. The Balaban J connectivity index is 0. The van der Waals surface area contributed by atoms with Crippen LogP contribution in [0.4, 0.5) is 0 Å². The summed E-state index contributed by atoms with van der Waals surface area (Å²) in [7, 11) is 0. The summed E-state index contributed by atoms with van der Waals surface area (Å²) in [5.74, 6) is 0. The Kier molecular flexibility index (Phi) is 307. The molecule has 0 N–H and O–H groups in total. The molecule has 38 valence electrons. The van der Waals surface area contributed by atoms with E-state index in [0.29, 0.717) is 0 Å². The topological polar surface area (TPSA) is 0 Å². The van der Waals surface area contributed by atoms with E-state index in [1.54, 1.807) is 0 Å². The van der Waals surface area contributed by atoms with E-state index in [1.165, 1.54) is 0 Å². The molecule has 0 spiro atoms. The van der Waals surface area contributed by atoms with Crippen LogP contribution in [0.15, 0.2) is 0 Å². The van der Waals surface area contributed by atoms with Crippen molar-refractivity contribution in [3.05, 3.63) is 0 Å². The second-order valence-electron chi connectivity index (χ2n) is 0. The van der Waals surface area contributed by atoms with E-state index < -0.39 is 0 Å². The second kappa shape index (κ2) is 40.7. The van der Waals surface area contributed by atoms with Crippen molar-refractivity contribution in [1.29, 1.82) is 0 Å². The maximum atomic E-state index is 0. The fourth-order valence-corrected chi connectivity index (χ4v) is 0. The Morgan fingerprint density at radius 3 is 1.14 bits per heavy atom. The predicted octanol–water partition coefficient (Wildman–Crippen LogP) is -3.45. The Morgan fingerprint density at radius 2 is 1.14 bits per heavy atom. The molecule has 0 saturated carbocycles. The summed E-state index contributed by atoms with van der Waals surface area (Å²) in [6.07, 6.45) is 0. The molecule has 0 aromatic rings. The normalized spacial score (nSPS) is 0. The molecule has 0 nitrogen and oxygen atoms in total. The van der Waals surface area contributed by atoms with Crippen LogP contribution in [0.2, 0.25) is 0 Å². The van der Waals surface area contributed by atoms with Gasteiger partial charge in [0.1, 0.15) is 0 Å². The van der Waals surface area contributed by atoms with Crippen LogP contribution in [0.25, 0.3) is 0 Å². The van der Waals surface area contributed by atoms with Crippen molar-refractivity contribution in [3.63, 3.8) is 0 Å². The third-order valence-electron chi connectivity index (χ3n) is 0. The van der Waals surface area contributed by atoms with Crippen molar-refractivity contribution in [2.75, 3.05) is 0 Å². The molecule has 0 saturated heterocycles. The van der Waals surface area contributed by atoms with Crippen LogP contribution in [0.5, 0.6) is 0 Å². The van der Waals surface area contributed by atoms with Crippen LogP contribution in [-0.2, 0) is 72.3 Å². The summed E-state index contributed by atoms with van der Waals surface area (Å²) in [4.78, 5) is 0. The van der Waals surface area contributed by atoms with Gasteiger partial charge in [0.15, 0.2) is 0 Å². The summed E-state index contributed by atoms with van der Waals surface area (Å²) in [5.41, 5.74) is 0. The Hall–Kier alpha value is 5.86. The van der Waals surface area contributed by atoms with Gasteiger partial charge in [-0.15, -0.1) is 0 Å². The molecule has 0 heterocycles. The molecule has 0 aliphatic heterocycles. The molecule has 0 aromatic carbocycles. The Bertz CT molecular complexity index is 26.5. The monoisotopic (exact) mass is 792 g/mol. The van der Waals surface area contributed by atoms with Gasteiger partial charge >= 0.3 is 108 Å². The van der Waals surface area contributed by atoms with Crippen molar-refractivity contribution in [2.45, 2.75) is 0 Å². The predicted molar refractivity (Wildman–Crippen MR) is 36.4 cm³/mol. The molecule has 0 fully saturated rings. The summed E-state index contributed by atoms with van der Waals surface area (Å²) in [5, 5.41) is 0. The van der Waals surface area contributed by atoms with Gasteiger partial charge in [-0.05, 0) is 0 Å². The van der Waals surface area contributed by atoms with Gasteiger partial charge in [-0.2, -0.15) is 0 Å². The number of hydrogen-bond donors (Lipinski definition) is 0. The van der Waals surface area contributed by atoms with E-state index in [0.717, 1.165) is 0 Å². The molecule has 0 aliphatic carbocycles. The molecule has 0 amide bonds. The van der Waals surface area contributed by atoms with Gasteiger partial charge in [-0.25, -0.2) is 0 Å². The van der Waals surface area contributed by atoms with Gasteiger partial charge in [0.25, 0.3) is 0 Å². The average molecular weight is 788 g/mol. The van der Waals surface area contributed by atoms with E-state index in [4.69, 9.17) is 0 Å². The van der Waals surface area contributed by atoms with Gasteiger partial charge < -0.3 is 2.85 Å². The first kappa shape index (κ1) is 52.7. The fraction of sp³-hybridized carbons (Fsp3) is 0. The van der Waals surface area contributed by atoms with Crippen LogP contribution in [0, 0.1) is 0 Å². The van der Waals surface area contributed by atoms with Crippen LogP contribution in [-0.4, -0.2) is 108 Å². The molecular weight excluding hydrogens is 778 g/mol. The Morgan fingerprint density at radius 1 is 1.14 bits per heavy atom. The third-order valence-corrected chi connectivity index (χ3v) is 0. The van der Waals surface area contributed by atoms with Crippen molar-refractivity contribution < 1.29 is 75.2 Å². The van der Waals surface area contributed by atoms with Gasteiger partial charge in [-0.3, -0.25) is 0 Å². The zero-order valence-corrected chi connectivity index (χ0v) is 28.8. The van der Waals surface area contributed by atoms with Crippen molar-refractivity contribution in [1.82, 2.24) is 0 Å². The molecule has 7 heteroatoms.